The first-order valence-corrected chi connectivity index (χ1v) is 15.2. The van der Waals surface area contributed by atoms with Gasteiger partial charge in [-0.15, -0.1) is 0 Å². The third-order valence-electron chi connectivity index (χ3n) is 7.87. The maximum Gasteiger partial charge on any atom is 0.254 e. The number of carbonyl (C=O) groups is 2. The fourth-order valence-corrected chi connectivity index (χ4v) is 5.46. The molecule has 0 N–H and O–H groups in total. The number of amides is 2. The van der Waals surface area contributed by atoms with E-state index in [9.17, 15) is 9.59 Å². The number of hydrogen-bond acceptors (Lipinski definition) is 6. The molecule has 40 heavy (non-hydrogen) atoms. The molecule has 1 unspecified atom stereocenters. The van der Waals surface area contributed by atoms with Crippen molar-refractivity contribution in [2.75, 3.05) is 59.1 Å². The lowest BCUT2D eigenvalue weighted by molar-refractivity contribution is -0.134. The van der Waals surface area contributed by atoms with Crippen molar-refractivity contribution in [3.8, 4) is 0 Å². The standard InChI is InChI=1S/C32H47N3O5/c1-2-3-4-5-9-27-12-14-28(15-13-27)32(37)34(17-8-16-33-18-22-38-23-19-33)26-31(36)35(24-29-10-6-20-39-29)25-30-11-7-21-40-30/h6,10,12-15,20,30H,2-5,7-9,11,16-19,21-26H2,1H3. The maximum atomic E-state index is 13.7. The Labute approximate surface area is 239 Å². The molecule has 0 bridgehead atoms. The van der Waals surface area contributed by atoms with Gasteiger partial charge in [0.2, 0.25) is 5.91 Å². The zero-order valence-electron chi connectivity index (χ0n) is 24.2. The van der Waals surface area contributed by atoms with Crippen LogP contribution in [0, 0.1) is 0 Å². The fourth-order valence-electron chi connectivity index (χ4n) is 5.46. The lowest BCUT2D eigenvalue weighted by Crippen LogP contribution is -2.46. The van der Waals surface area contributed by atoms with Gasteiger partial charge in [-0.2, -0.15) is 0 Å². The predicted molar refractivity (Wildman–Crippen MR) is 155 cm³/mol. The molecule has 2 fully saturated rings. The van der Waals surface area contributed by atoms with E-state index in [1.54, 1.807) is 16.1 Å². The smallest absolute Gasteiger partial charge is 0.254 e. The molecule has 2 saturated heterocycles. The highest BCUT2D eigenvalue weighted by Crippen LogP contribution is 2.17. The quantitative estimate of drug-likeness (QED) is 0.279. The minimum atomic E-state index is -0.0945. The zero-order valence-corrected chi connectivity index (χ0v) is 24.2. The minimum absolute atomic E-state index is 0.0225. The summed E-state index contributed by atoms with van der Waals surface area (Å²) < 4.78 is 16.9. The lowest BCUT2D eigenvalue weighted by atomic mass is 10.0. The predicted octanol–water partition coefficient (Wildman–Crippen LogP) is 4.77. The van der Waals surface area contributed by atoms with Crippen LogP contribution >= 0.6 is 0 Å². The van der Waals surface area contributed by atoms with E-state index in [0.717, 1.165) is 70.9 Å². The maximum absolute atomic E-state index is 13.7. The van der Waals surface area contributed by atoms with E-state index in [1.165, 1.54) is 31.2 Å². The van der Waals surface area contributed by atoms with Gasteiger partial charge in [0, 0.05) is 44.9 Å². The van der Waals surface area contributed by atoms with Crippen molar-refractivity contribution in [1.29, 1.82) is 0 Å². The third kappa shape index (κ3) is 9.75. The Kier molecular flexibility index (Phi) is 12.5. The molecule has 220 valence electrons. The molecule has 1 aromatic heterocycles. The van der Waals surface area contributed by atoms with Crippen molar-refractivity contribution in [2.24, 2.45) is 0 Å². The second-order valence-corrected chi connectivity index (χ2v) is 11.0. The van der Waals surface area contributed by atoms with Gasteiger partial charge in [-0.05, 0) is 61.9 Å². The van der Waals surface area contributed by atoms with E-state index in [2.05, 4.69) is 24.0 Å². The molecule has 2 aliphatic heterocycles. The number of ether oxygens (including phenoxy) is 2. The average Bonchev–Trinajstić information content (AvgIpc) is 3.70. The highest BCUT2D eigenvalue weighted by molar-refractivity contribution is 5.96. The summed E-state index contributed by atoms with van der Waals surface area (Å²) in [6.45, 7) is 8.57. The molecule has 2 aromatic rings. The summed E-state index contributed by atoms with van der Waals surface area (Å²) in [5.74, 6) is 0.549. The van der Waals surface area contributed by atoms with E-state index in [0.29, 0.717) is 25.2 Å². The second kappa shape index (κ2) is 16.6. The van der Waals surface area contributed by atoms with E-state index in [-0.39, 0.29) is 24.5 Å². The molecule has 0 radical (unpaired) electrons. The molecule has 0 saturated carbocycles. The van der Waals surface area contributed by atoms with Gasteiger partial charge in [0.05, 0.1) is 32.1 Å². The molecule has 1 aromatic carbocycles. The molecular weight excluding hydrogens is 506 g/mol. The van der Waals surface area contributed by atoms with Crippen molar-refractivity contribution in [3.63, 3.8) is 0 Å². The van der Waals surface area contributed by atoms with Crippen molar-refractivity contribution >= 4 is 11.8 Å². The van der Waals surface area contributed by atoms with Crippen molar-refractivity contribution in [1.82, 2.24) is 14.7 Å². The molecule has 8 nitrogen and oxygen atoms in total. The number of unbranched alkanes of at least 4 members (excludes halogenated alkanes) is 3. The fraction of sp³-hybridized carbons (Fsp3) is 0.625. The monoisotopic (exact) mass is 553 g/mol. The second-order valence-electron chi connectivity index (χ2n) is 11.0. The molecule has 1 atom stereocenters. The Morgan fingerprint density at radius 3 is 2.50 bits per heavy atom. The lowest BCUT2D eigenvalue weighted by Gasteiger charge is -2.30. The van der Waals surface area contributed by atoms with Gasteiger partial charge in [0.1, 0.15) is 12.3 Å². The largest absolute Gasteiger partial charge is 0.467 e. The van der Waals surface area contributed by atoms with Crippen LogP contribution in [0.2, 0.25) is 0 Å². The van der Waals surface area contributed by atoms with Crippen molar-refractivity contribution in [3.05, 3.63) is 59.5 Å². The number of morpholine rings is 1. The van der Waals surface area contributed by atoms with Crippen LogP contribution in [0.3, 0.4) is 0 Å². The Morgan fingerprint density at radius 1 is 0.975 bits per heavy atom. The summed E-state index contributed by atoms with van der Waals surface area (Å²) in [5.41, 5.74) is 1.89. The SMILES string of the molecule is CCCCCCc1ccc(C(=O)N(CCCN2CCOCC2)CC(=O)N(Cc2ccco2)CC2CCCO2)cc1. The van der Waals surface area contributed by atoms with Gasteiger partial charge in [0.25, 0.3) is 5.91 Å². The van der Waals surface area contributed by atoms with Gasteiger partial charge >= 0.3 is 0 Å². The van der Waals surface area contributed by atoms with Crippen LogP contribution in [0.5, 0.6) is 0 Å². The summed E-state index contributed by atoms with van der Waals surface area (Å²) in [6, 6.07) is 11.7. The molecule has 0 spiro atoms. The highest BCUT2D eigenvalue weighted by atomic mass is 16.5. The zero-order chi connectivity index (χ0) is 28.0. The van der Waals surface area contributed by atoms with Gasteiger partial charge in [-0.3, -0.25) is 14.5 Å². The Morgan fingerprint density at radius 2 is 1.80 bits per heavy atom. The molecule has 8 heteroatoms. The van der Waals surface area contributed by atoms with Gasteiger partial charge in [0.15, 0.2) is 0 Å². The minimum Gasteiger partial charge on any atom is -0.467 e. The van der Waals surface area contributed by atoms with Crippen LogP contribution in [0.25, 0.3) is 0 Å². The summed E-state index contributed by atoms with van der Waals surface area (Å²) in [6.07, 6.45) is 10.3. The van der Waals surface area contributed by atoms with Gasteiger partial charge in [-0.25, -0.2) is 0 Å². The number of rotatable bonds is 16. The molecule has 4 rings (SSSR count). The summed E-state index contributed by atoms with van der Waals surface area (Å²) in [5, 5.41) is 0. The summed E-state index contributed by atoms with van der Waals surface area (Å²) in [4.78, 5) is 33.3. The third-order valence-corrected chi connectivity index (χ3v) is 7.87. The Hall–Kier alpha value is -2.68. The van der Waals surface area contributed by atoms with Gasteiger partial charge in [-0.1, -0.05) is 38.3 Å². The van der Waals surface area contributed by atoms with E-state index < -0.39 is 0 Å². The van der Waals surface area contributed by atoms with Crippen LogP contribution in [0.15, 0.2) is 47.1 Å². The number of aryl methyl sites for hydroxylation is 1. The number of benzene rings is 1. The number of nitrogens with zero attached hydrogens (tertiary/aromatic N) is 3. The Balaban J connectivity index is 1.42. The van der Waals surface area contributed by atoms with Crippen LogP contribution < -0.4 is 0 Å². The van der Waals surface area contributed by atoms with E-state index >= 15 is 0 Å². The number of furan rings is 1. The van der Waals surface area contributed by atoms with Crippen LogP contribution in [-0.4, -0.2) is 91.7 Å². The van der Waals surface area contributed by atoms with Crippen molar-refractivity contribution < 1.29 is 23.5 Å². The Bertz CT molecular complexity index is 998. The van der Waals surface area contributed by atoms with Gasteiger partial charge < -0.3 is 23.7 Å². The summed E-state index contributed by atoms with van der Waals surface area (Å²) >= 11 is 0. The van der Waals surface area contributed by atoms with Crippen LogP contribution in [0.4, 0.5) is 0 Å². The normalized spacial score (nSPS) is 17.7. The topological polar surface area (TPSA) is 75.5 Å². The first kappa shape index (κ1) is 30.3. The molecular formula is C32H47N3O5. The molecule has 2 aliphatic rings. The summed E-state index contributed by atoms with van der Waals surface area (Å²) in [7, 11) is 0. The highest BCUT2D eigenvalue weighted by Gasteiger charge is 2.27. The van der Waals surface area contributed by atoms with Crippen LogP contribution in [-0.2, 0) is 27.2 Å². The number of carbonyl (C=O) groups excluding carboxylic acids is 2. The first-order chi connectivity index (χ1) is 19.6. The molecule has 3 heterocycles. The average molecular weight is 554 g/mol. The molecule has 0 aliphatic carbocycles. The first-order valence-electron chi connectivity index (χ1n) is 15.2. The molecule has 2 amide bonds. The van der Waals surface area contributed by atoms with E-state index in [4.69, 9.17) is 13.9 Å². The number of hydrogen-bond donors (Lipinski definition) is 0. The van der Waals surface area contributed by atoms with E-state index in [1.807, 2.05) is 24.3 Å². The van der Waals surface area contributed by atoms with Crippen molar-refractivity contribution in [2.45, 2.75) is 70.9 Å². The van der Waals surface area contributed by atoms with Crippen LogP contribution in [0.1, 0.15) is 73.6 Å².